The first kappa shape index (κ1) is 10.7. The summed E-state index contributed by atoms with van der Waals surface area (Å²) in [6.45, 7) is 0.441. The Kier molecular flexibility index (Phi) is 2.89. The molecular formula is C10H11N2O4. The second-order valence-electron chi connectivity index (χ2n) is 3.67. The molecule has 0 aromatic carbocycles. The van der Waals surface area contributed by atoms with E-state index in [2.05, 4.69) is 15.9 Å². The van der Waals surface area contributed by atoms with E-state index in [1.54, 1.807) is 0 Å². The van der Waals surface area contributed by atoms with Gasteiger partial charge in [0, 0.05) is 12.6 Å². The summed E-state index contributed by atoms with van der Waals surface area (Å²) < 4.78 is 4.69. The van der Waals surface area contributed by atoms with Crippen LogP contribution in [0.2, 0.25) is 0 Å². The monoisotopic (exact) mass is 223 g/mol. The smallest absolute Gasteiger partial charge is 0.326 e. The zero-order valence-corrected chi connectivity index (χ0v) is 8.55. The predicted octanol–water partition coefficient (Wildman–Crippen LogP) is 0.554. The first-order chi connectivity index (χ1) is 7.70. The number of carboxylic acids is 1. The van der Waals surface area contributed by atoms with Crippen LogP contribution in [0, 0.1) is 6.20 Å². The van der Waals surface area contributed by atoms with Crippen LogP contribution in [0.4, 0.5) is 0 Å². The highest BCUT2D eigenvalue weighted by Crippen LogP contribution is 2.19. The second kappa shape index (κ2) is 4.34. The minimum atomic E-state index is -0.975. The van der Waals surface area contributed by atoms with Crippen molar-refractivity contribution in [3.05, 3.63) is 18.0 Å². The van der Waals surface area contributed by atoms with Gasteiger partial charge in [-0.1, -0.05) is 5.16 Å². The average molecular weight is 223 g/mol. The maximum Gasteiger partial charge on any atom is 0.326 e. The Morgan fingerprint density at radius 3 is 3.00 bits per heavy atom. The summed E-state index contributed by atoms with van der Waals surface area (Å²) >= 11 is 0. The van der Waals surface area contributed by atoms with Crippen molar-refractivity contribution in [3.8, 4) is 0 Å². The van der Waals surface area contributed by atoms with E-state index in [0.717, 1.165) is 12.8 Å². The molecule has 0 bridgehead atoms. The number of nitrogens with zero attached hydrogens (tertiary/aromatic N) is 2. The molecule has 1 saturated heterocycles. The number of carbonyl (C=O) groups is 2. The Bertz CT molecular complexity index is 388. The van der Waals surface area contributed by atoms with E-state index >= 15 is 0 Å². The SMILES string of the molecule is O=C(O)C1CCCCN1C(=O)c1c[c]no1. The lowest BCUT2D eigenvalue weighted by Crippen LogP contribution is -2.47. The fraction of sp³-hybridized carbons (Fsp3) is 0.500. The third-order valence-corrected chi connectivity index (χ3v) is 2.65. The number of carboxylic acid groups (broad SMARTS) is 1. The summed E-state index contributed by atoms with van der Waals surface area (Å²) in [5.41, 5.74) is 0. The third kappa shape index (κ3) is 1.91. The standard InChI is InChI=1S/C10H11N2O4/c13-9(8-4-5-11-16-8)12-6-2-1-3-7(12)10(14)15/h4,7H,1-3,6H2,(H,14,15). The van der Waals surface area contributed by atoms with Gasteiger partial charge in [0.15, 0.2) is 0 Å². The fourth-order valence-electron chi connectivity index (χ4n) is 1.86. The highest BCUT2D eigenvalue weighted by Gasteiger charge is 2.33. The van der Waals surface area contributed by atoms with Crippen LogP contribution < -0.4 is 0 Å². The van der Waals surface area contributed by atoms with Gasteiger partial charge >= 0.3 is 5.97 Å². The molecule has 1 atom stereocenters. The number of rotatable bonds is 2. The van der Waals surface area contributed by atoms with E-state index in [1.807, 2.05) is 0 Å². The van der Waals surface area contributed by atoms with Crippen molar-refractivity contribution >= 4 is 11.9 Å². The largest absolute Gasteiger partial charge is 0.480 e. The number of hydrogen-bond acceptors (Lipinski definition) is 4. The zero-order valence-electron chi connectivity index (χ0n) is 8.55. The zero-order chi connectivity index (χ0) is 11.5. The fourth-order valence-corrected chi connectivity index (χ4v) is 1.86. The van der Waals surface area contributed by atoms with Crippen LogP contribution in [-0.2, 0) is 4.79 Å². The van der Waals surface area contributed by atoms with Crippen LogP contribution in [-0.4, -0.2) is 39.6 Å². The van der Waals surface area contributed by atoms with Gasteiger partial charge in [-0.15, -0.1) is 0 Å². The average Bonchev–Trinajstić information content (AvgIpc) is 2.81. The topological polar surface area (TPSA) is 83.6 Å². The number of likely N-dealkylation sites (tertiary alicyclic amines) is 1. The Morgan fingerprint density at radius 2 is 2.38 bits per heavy atom. The van der Waals surface area contributed by atoms with Gasteiger partial charge in [-0.3, -0.25) is 4.79 Å². The number of piperidine rings is 1. The lowest BCUT2D eigenvalue weighted by Gasteiger charge is -2.31. The second-order valence-corrected chi connectivity index (χ2v) is 3.67. The summed E-state index contributed by atoms with van der Waals surface area (Å²) in [6.07, 6.45) is 4.50. The van der Waals surface area contributed by atoms with Gasteiger partial charge in [0.1, 0.15) is 12.2 Å². The molecule has 1 N–H and O–H groups in total. The molecule has 0 spiro atoms. The molecule has 1 aliphatic rings. The van der Waals surface area contributed by atoms with E-state index in [0.29, 0.717) is 13.0 Å². The van der Waals surface area contributed by atoms with Crippen LogP contribution in [0.25, 0.3) is 0 Å². The molecule has 0 aliphatic carbocycles. The van der Waals surface area contributed by atoms with Crippen LogP contribution in [0.1, 0.15) is 29.8 Å². The van der Waals surface area contributed by atoms with Crippen molar-refractivity contribution in [2.45, 2.75) is 25.3 Å². The minimum absolute atomic E-state index is 0.0353. The molecule has 1 aromatic heterocycles. The van der Waals surface area contributed by atoms with Gasteiger partial charge in [0.2, 0.25) is 5.76 Å². The van der Waals surface area contributed by atoms with E-state index in [9.17, 15) is 9.59 Å². The quantitative estimate of drug-likeness (QED) is 0.791. The summed E-state index contributed by atoms with van der Waals surface area (Å²) in [6, 6.07) is 0.557. The molecule has 2 heterocycles. The molecule has 1 unspecified atom stereocenters. The maximum atomic E-state index is 11.9. The number of aromatic nitrogens is 1. The first-order valence-electron chi connectivity index (χ1n) is 5.06. The molecule has 1 radical (unpaired) electrons. The number of hydrogen-bond donors (Lipinski definition) is 1. The van der Waals surface area contributed by atoms with Crippen molar-refractivity contribution < 1.29 is 19.2 Å². The van der Waals surface area contributed by atoms with Gasteiger partial charge in [-0.05, 0) is 19.3 Å². The molecule has 85 valence electrons. The Balaban J connectivity index is 2.17. The molecular weight excluding hydrogens is 212 g/mol. The Labute approximate surface area is 91.8 Å². The van der Waals surface area contributed by atoms with Crippen LogP contribution in [0.5, 0.6) is 0 Å². The van der Waals surface area contributed by atoms with E-state index in [-0.39, 0.29) is 5.76 Å². The van der Waals surface area contributed by atoms with Crippen LogP contribution in [0.3, 0.4) is 0 Å². The summed E-state index contributed by atoms with van der Waals surface area (Å²) in [7, 11) is 0. The van der Waals surface area contributed by atoms with Crippen molar-refractivity contribution in [2.75, 3.05) is 6.54 Å². The van der Waals surface area contributed by atoms with Crippen molar-refractivity contribution in [1.29, 1.82) is 0 Å². The number of carbonyl (C=O) groups excluding carboxylic acids is 1. The van der Waals surface area contributed by atoms with Crippen LogP contribution in [0.15, 0.2) is 10.6 Å². The summed E-state index contributed by atoms with van der Waals surface area (Å²) in [5.74, 6) is -1.37. The highest BCUT2D eigenvalue weighted by molar-refractivity contribution is 5.94. The molecule has 1 aliphatic heterocycles. The maximum absolute atomic E-state index is 11.9. The van der Waals surface area contributed by atoms with Gasteiger partial charge in [-0.2, -0.15) is 0 Å². The van der Waals surface area contributed by atoms with Crippen molar-refractivity contribution in [2.24, 2.45) is 0 Å². The lowest BCUT2D eigenvalue weighted by molar-refractivity contribution is -0.143. The molecule has 6 nitrogen and oxygen atoms in total. The lowest BCUT2D eigenvalue weighted by atomic mass is 10.0. The first-order valence-corrected chi connectivity index (χ1v) is 5.06. The predicted molar refractivity (Wildman–Crippen MR) is 51.7 cm³/mol. The normalized spacial score (nSPS) is 20.8. The van der Waals surface area contributed by atoms with Crippen molar-refractivity contribution in [1.82, 2.24) is 10.1 Å². The molecule has 1 aromatic rings. The minimum Gasteiger partial charge on any atom is -0.480 e. The molecule has 0 saturated carbocycles. The Hall–Kier alpha value is -1.85. The molecule has 2 rings (SSSR count). The van der Waals surface area contributed by atoms with Crippen LogP contribution >= 0.6 is 0 Å². The summed E-state index contributed by atoms with van der Waals surface area (Å²) in [4.78, 5) is 24.2. The van der Waals surface area contributed by atoms with Gasteiger partial charge < -0.3 is 14.5 Å². The number of aliphatic carboxylic acids is 1. The highest BCUT2D eigenvalue weighted by atomic mass is 16.5. The van der Waals surface area contributed by atoms with Gasteiger partial charge in [0.05, 0.1) is 0 Å². The van der Waals surface area contributed by atoms with Crippen molar-refractivity contribution in [3.63, 3.8) is 0 Å². The summed E-state index contributed by atoms with van der Waals surface area (Å²) in [5, 5.41) is 12.3. The molecule has 1 amide bonds. The Morgan fingerprint density at radius 1 is 1.56 bits per heavy atom. The van der Waals surface area contributed by atoms with Gasteiger partial charge in [-0.25, -0.2) is 4.79 Å². The molecule has 1 fully saturated rings. The molecule has 6 heteroatoms. The van der Waals surface area contributed by atoms with E-state index in [1.165, 1.54) is 11.0 Å². The van der Waals surface area contributed by atoms with E-state index < -0.39 is 17.9 Å². The molecule has 16 heavy (non-hydrogen) atoms. The van der Waals surface area contributed by atoms with Gasteiger partial charge in [0.25, 0.3) is 5.91 Å². The van der Waals surface area contributed by atoms with E-state index in [4.69, 9.17) is 5.11 Å². The third-order valence-electron chi connectivity index (χ3n) is 2.65. The number of amides is 1.